The molecule has 0 fully saturated rings. The molecule has 1 aromatic carbocycles. The van der Waals surface area contributed by atoms with Gasteiger partial charge < -0.3 is 30.4 Å². The second-order valence-corrected chi connectivity index (χ2v) is 11.2. The quantitative estimate of drug-likeness (QED) is 0.115. The van der Waals surface area contributed by atoms with Gasteiger partial charge in [-0.15, -0.1) is 0 Å². The van der Waals surface area contributed by atoms with Crippen molar-refractivity contribution in [3.63, 3.8) is 0 Å². The average Bonchev–Trinajstić information content (AvgIpc) is 2.94. The van der Waals surface area contributed by atoms with Crippen LogP contribution < -0.4 is 27.4 Å². The van der Waals surface area contributed by atoms with Crippen molar-refractivity contribution in [2.24, 2.45) is 4.99 Å². The summed E-state index contributed by atoms with van der Waals surface area (Å²) in [5, 5.41) is 34.9. The van der Waals surface area contributed by atoms with E-state index in [1.54, 1.807) is 12.1 Å². The molecule has 2 aliphatic rings. The zero-order valence-electron chi connectivity index (χ0n) is 24.9. The van der Waals surface area contributed by atoms with Crippen LogP contribution in [0.15, 0.2) is 31.5 Å². The smallest absolute Gasteiger partial charge is 0.263 e. The highest BCUT2D eigenvalue weighted by molar-refractivity contribution is 6.18. The molecule has 1 aromatic heterocycles. The van der Waals surface area contributed by atoms with Crippen LogP contribution in [0.3, 0.4) is 0 Å². The number of aliphatic hydroxyl groups is 2. The topological polar surface area (TPSA) is 153 Å². The van der Waals surface area contributed by atoms with E-state index in [4.69, 9.17) is 0 Å². The highest BCUT2D eigenvalue weighted by atomic mass is 16.3. The number of anilines is 1. The Morgan fingerprint density at radius 1 is 0.786 bits per heavy atom. The number of benzene rings is 2. The van der Waals surface area contributed by atoms with Crippen molar-refractivity contribution < 1.29 is 15.3 Å². The molecule has 0 amide bonds. The van der Waals surface area contributed by atoms with Gasteiger partial charge >= 0.3 is 0 Å². The molecule has 12 nitrogen and oxygen atoms in total. The van der Waals surface area contributed by atoms with Crippen LogP contribution >= 0.6 is 0 Å². The first-order chi connectivity index (χ1) is 20.1. The fourth-order valence-corrected chi connectivity index (χ4v) is 5.49. The van der Waals surface area contributed by atoms with Gasteiger partial charge in [-0.05, 0) is 79.1 Å². The van der Waals surface area contributed by atoms with Crippen LogP contribution in [0, 0.1) is 0 Å². The lowest BCUT2D eigenvalue weighted by molar-refractivity contribution is 0.291. The maximum atomic E-state index is 14.0. The van der Waals surface area contributed by atoms with Crippen LogP contribution in [0.5, 0.6) is 5.88 Å². The van der Waals surface area contributed by atoms with Gasteiger partial charge in [0.2, 0.25) is 5.88 Å². The summed E-state index contributed by atoms with van der Waals surface area (Å²) in [6, 6.07) is 3.23. The Balaban J connectivity index is 2.15. The number of aromatic nitrogens is 2. The maximum absolute atomic E-state index is 14.0. The third-order valence-electron chi connectivity index (χ3n) is 7.50. The molecule has 0 spiro atoms. The van der Waals surface area contributed by atoms with Crippen molar-refractivity contribution in [1.29, 1.82) is 0 Å². The molecule has 0 atom stereocenters. The fourth-order valence-electron chi connectivity index (χ4n) is 5.49. The van der Waals surface area contributed by atoms with E-state index in [0.717, 1.165) is 0 Å². The Hall–Kier alpha value is -3.58. The van der Waals surface area contributed by atoms with Gasteiger partial charge in [-0.1, -0.05) is 0 Å². The Bertz CT molecular complexity index is 1730. The van der Waals surface area contributed by atoms with E-state index in [-0.39, 0.29) is 55.1 Å². The predicted molar refractivity (Wildman–Crippen MR) is 166 cm³/mol. The van der Waals surface area contributed by atoms with Crippen molar-refractivity contribution in [2.45, 2.75) is 38.8 Å². The maximum Gasteiger partial charge on any atom is 0.263 e. The molecule has 4 N–H and O–H groups in total. The van der Waals surface area contributed by atoms with Crippen LogP contribution in [-0.4, -0.2) is 102 Å². The Morgan fingerprint density at radius 3 is 2.02 bits per heavy atom. The van der Waals surface area contributed by atoms with Gasteiger partial charge in [-0.2, -0.15) is 0 Å². The van der Waals surface area contributed by atoms with E-state index in [0.29, 0.717) is 72.7 Å². The summed E-state index contributed by atoms with van der Waals surface area (Å²) in [5.74, 6) is -0.241. The molecule has 0 unspecified atom stereocenters. The number of rotatable bonds is 15. The van der Waals surface area contributed by atoms with E-state index in [9.17, 15) is 29.7 Å². The van der Waals surface area contributed by atoms with E-state index >= 15 is 0 Å². The molecule has 2 aromatic rings. The molecule has 4 rings (SSSR count). The van der Waals surface area contributed by atoms with Gasteiger partial charge in [0.05, 0.1) is 21.7 Å². The number of nitrogens with zero attached hydrogens (tertiary/aromatic N) is 5. The summed E-state index contributed by atoms with van der Waals surface area (Å²) in [4.78, 5) is 50.4. The van der Waals surface area contributed by atoms with Gasteiger partial charge in [0, 0.05) is 61.4 Å². The Kier molecular flexibility index (Phi) is 10.2. The standard InChI is InChI=1S/C30H42N6O6/c1-33(2)11-7-13-35-27(39)19-17-22(32-10-6-16-38)26-24-20(28(40)36(30(26)42)14-8-12-34(3)4)18-21(31-9-5-15-37)25(23(19)24)29(35)41/h17-18,31,37-38,40H,5-16H2,1-4H3. The van der Waals surface area contributed by atoms with Crippen LogP contribution in [0.25, 0.3) is 32.7 Å². The largest absolute Gasteiger partial charge is 0.494 e. The third kappa shape index (κ3) is 6.12. The van der Waals surface area contributed by atoms with E-state index in [2.05, 4.69) is 10.3 Å². The minimum absolute atomic E-state index is 0.0501. The molecule has 42 heavy (non-hydrogen) atoms. The predicted octanol–water partition coefficient (Wildman–Crippen LogP) is 0.343. The van der Waals surface area contributed by atoms with Crippen molar-refractivity contribution >= 4 is 27.2 Å². The first-order valence-corrected chi connectivity index (χ1v) is 14.5. The number of aliphatic hydroxyl groups excluding tert-OH is 2. The number of hydrogen-bond acceptors (Lipinski definition) is 10. The van der Waals surface area contributed by atoms with Crippen LogP contribution in [0.2, 0.25) is 0 Å². The Labute approximate surface area is 243 Å². The second-order valence-electron chi connectivity index (χ2n) is 11.2. The molecular weight excluding hydrogens is 540 g/mol. The second kappa shape index (κ2) is 13.6. The number of nitrogens with one attached hydrogen (secondary N) is 1. The van der Waals surface area contributed by atoms with Crippen molar-refractivity contribution in [2.75, 3.05) is 72.9 Å². The van der Waals surface area contributed by atoms with Crippen LogP contribution in [0.4, 0.5) is 5.69 Å². The lowest BCUT2D eigenvalue weighted by Gasteiger charge is -2.22. The normalized spacial score (nSPS) is 12.7. The van der Waals surface area contributed by atoms with E-state index in [1.165, 1.54) is 9.13 Å². The van der Waals surface area contributed by atoms with Gasteiger partial charge in [-0.3, -0.25) is 28.5 Å². The van der Waals surface area contributed by atoms with Gasteiger partial charge in [-0.25, -0.2) is 0 Å². The van der Waals surface area contributed by atoms with Crippen molar-refractivity contribution in [3.05, 3.63) is 48.6 Å². The summed E-state index contributed by atoms with van der Waals surface area (Å²) in [6.45, 7) is 2.32. The van der Waals surface area contributed by atoms with E-state index < -0.39 is 16.7 Å². The summed E-state index contributed by atoms with van der Waals surface area (Å²) in [6.07, 6.45) is 1.99. The lowest BCUT2D eigenvalue weighted by atomic mass is 9.89. The molecule has 0 radical (unpaired) electrons. The molecule has 0 saturated heterocycles. The molecule has 1 aliphatic carbocycles. The van der Waals surface area contributed by atoms with E-state index in [1.807, 2.05) is 38.0 Å². The SMILES string of the molecule is CN(C)CCCn1c(O)c2cc(NCCCO)c3c4c2c(c(=NCCCO)cc-4c(=O)n(CCCN(C)C)c3=O)c1=O. The van der Waals surface area contributed by atoms with Crippen LogP contribution in [0.1, 0.15) is 25.7 Å². The summed E-state index contributed by atoms with van der Waals surface area (Å²) >= 11 is 0. The molecular formula is C30H42N6O6. The van der Waals surface area contributed by atoms with Crippen molar-refractivity contribution in [3.8, 4) is 17.0 Å². The summed E-state index contributed by atoms with van der Waals surface area (Å²) in [5.41, 5.74) is -0.414. The molecule has 1 aliphatic heterocycles. The molecule has 228 valence electrons. The zero-order valence-corrected chi connectivity index (χ0v) is 24.9. The average molecular weight is 583 g/mol. The van der Waals surface area contributed by atoms with Crippen molar-refractivity contribution in [1.82, 2.24) is 18.9 Å². The molecule has 0 saturated carbocycles. The molecule has 0 bridgehead atoms. The lowest BCUT2D eigenvalue weighted by Crippen LogP contribution is -2.37. The van der Waals surface area contributed by atoms with Gasteiger partial charge in [0.25, 0.3) is 16.7 Å². The zero-order chi connectivity index (χ0) is 30.6. The monoisotopic (exact) mass is 582 g/mol. The fraction of sp³-hybridized carbons (Fsp3) is 0.533. The first-order valence-electron chi connectivity index (χ1n) is 14.5. The minimum atomic E-state index is -0.477. The number of hydrogen-bond donors (Lipinski definition) is 4. The number of aromatic hydroxyl groups is 1. The molecule has 12 heteroatoms. The molecule has 2 heterocycles. The number of pyridine rings is 2. The third-order valence-corrected chi connectivity index (χ3v) is 7.50. The van der Waals surface area contributed by atoms with Gasteiger partial charge in [0.1, 0.15) is 0 Å². The van der Waals surface area contributed by atoms with Gasteiger partial charge in [0.15, 0.2) is 0 Å². The highest BCUT2D eigenvalue weighted by Gasteiger charge is 2.29. The minimum Gasteiger partial charge on any atom is -0.494 e. The Morgan fingerprint density at radius 2 is 1.40 bits per heavy atom. The summed E-state index contributed by atoms with van der Waals surface area (Å²) < 4.78 is 2.56. The first kappa shape index (κ1) is 31.4. The summed E-state index contributed by atoms with van der Waals surface area (Å²) in [7, 11) is 7.70. The highest BCUT2D eigenvalue weighted by Crippen LogP contribution is 2.40. The van der Waals surface area contributed by atoms with Crippen LogP contribution in [-0.2, 0) is 13.1 Å².